The van der Waals surface area contributed by atoms with Crippen molar-refractivity contribution in [2.24, 2.45) is 0 Å². The monoisotopic (exact) mass is 577 g/mol. The molecule has 0 saturated heterocycles. The standard InChI is InChI=1S/C32H37F2N5O3/c1-4-6-18-39-22-26(37-31(41)36-25-10-13-27(14-11-25)42-32(33,34)5-2)12-16-29(39)30(40)38-19-7-8-24(17-20-38)28-15-9-23(3)21-35-28/h5,8-11,13-16,21-22H,2,4,6-7,12,17-20H2,1,3H3,(H2,36,37,41). The van der Waals surface area contributed by atoms with E-state index >= 15 is 0 Å². The SMILES string of the molecule is C=CC(F)(F)Oc1ccc(NC(=O)NC2=CN(CCCC)C(C(=O)N3CCC=C(c4ccc(C)cn4)CC3)=CC2)cc1. The fourth-order valence-corrected chi connectivity index (χ4v) is 4.67. The number of pyridine rings is 1. The lowest BCUT2D eigenvalue weighted by Gasteiger charge is -2.31. The normalized spacial score (nSPS) is 15.6. The maximum atomic E-state index is 13.7. The predicted octanol–water partition coefficient (Wildman–Crippen LogP) is 6.61. The molecular formula is C32H37F2N5O3. The van der Waals surface area contributed by atoms with Crippen LogP contribution in [0.4, 0.5) is 19.3 Å². The lowest BCUT2D eigenvalue weighted by Crippen LogP contribution is -2.40. The second-order valence-corrected chi connectivity index (χ2v) is 10.2. The summed E-state index contributed by atoms with van der Waals surface area (Å²) in [7, 11) is 0. The van der Waals surface area contributed by atoms with E-state index in [4.69, 9.17) is 0 Å². The Hall–Kier alpha value is -4.47. The first kappa shape index (κ1) is 30.5. The molecule has 8 nitrogen and oxygen atoms in total. The van der Waals surface area contributed by atoms with Crippen molar-refractivity contribution >= 4 is 23.2 Å². The summed E-state index contributed by atoms with van der Waals surface area (Å²) in [4.78, 5) is 34.7. The van der Waals surface area contributed by atoms with Gasteiger partial charge in [-0.25, -0.2) is 4.79 Å². The molecular weight excluding hydrogens is 540 g/mol. The smallest absolute Gasteiger partial charge is 0.419 e. The van der Waals surface area contributed by atoms with E-state index < -0.39 is 12.1 Å². The van der Waals surface area contributed by atoms with Crippen LogP contribution in [-0.4, -0.2) is 52.5 Å². The Bertz CT molecular complexity index is 1370. The molecule has 2 aliphatic rings. The molecule has 2 aromatic rings. The minimum atomic E-state index is -3.48. The molecule has 4 rings (SSSR count). The molecule has 0 aliphatic carbocycles. The van der Waals surface area contributed by atoms with Crippen molar-refractivity contribution in [3.8, 4) is 5.75 Å². The molecule has 0 radical (unpaired) electrons. The number of benzene rings is 1. The van der Waals surface area contributed by atoms with E-state index in [0.717, 1.165) is 42.5 Å². The van der Waals surface area contributed by atoms with Crippen molar-refractivity contribution in [2.75, 3.05) is 25.0 Å². The number of alkyl halides is 2. The van der Waals surface area contributed by atoms with E-state index in [1.54, 1.807) is 0 Å². The number of urea groups is 1. The number of hydrogen-bond acceptors (Lipinski definition) is 5. The van der Waals surface area contributed by atoms with E-state index in [1.807, 2.05) is 47.3 Å². The minimum absolute atomic E-state index is 0.0262. The van der Waals surface area contributed by atoms with Crippen molar-refractivity contribution in [1.29, 1.82) is 0 Å². The molecule has 3 heterocycles. The van der Waals surface area contributed by atoms with E-state index in [1.165, 1.54) is 24.3 Å². The predicted molar refractivity (Wildman–Crippen MR) is 160 cm³/mol. The Kier molecular flexibility index (Phi) is 10.1. The molecule has 42 heavy (non-hydrogen) atoms. The molecule has 0 saturated carbocycles. The number of rotatable bonds is 10. The van der Waals surface area contributed by atoms with Crippen LogP contribution in [-0.2, 0) is 4.79 Å². The first-order valence-electron chi connectivity index (χ1n) is 14.1. The molecule has 10 heteroatoms. The van der Waals surface area contributed by atoms with E-state index in [0.29, 0.717) is 49.2 Å². The number of hydrogen-bond donors (Lipinski definition) is 2. The van der Waals surface area contributed by atoms with Gasteiger partial charge in [-0.15, -0.1) is 0 Å². The Morgan fingerprint density at radius 2 is 1.90 bits per heavy atom. The Labute approximate surface area is 245 Å². The summed E-state index contributed by atoms with van der Waals surface area (Å²) >= 11 is 0. The number of aryl methyl sites for hydroxylation is 1. The van der Waals surface area contributed by atoms with Crippen LogP contribution in [0.3, 0.4) is 0 Å². The van der Waals surface area contributed by atoms with Gasteiger partial charge in [0, 0.05) is 55.9 Å². The van der Waals surface area contributed by atoms with Gasteiger partial charge in [-0.2, -0.15) is 8.78 Å². The molecule has 2 aliphatic heterocycles. The highest BCUT2D eigenvalue weighted by molar-refractivity contribution is 5.94. The third-order valence-corrected chi connectivity index (χ3v) is 6.95. The van der Waals surface area contributed by atoms with E-state index in [2.05, 4.69) is 39.9 Å². The van der Waals surface area contributed by atoms with Gasteiger partial charge in [-0.1, -0.05) is 32.1 Å². The maximum Gasteiger partial charge on any atom is 0.419 e. The molecule has 222 valence electrons. The number of anilines is 1. The first-order chi connectivity index (χ1) is 20.2. The minimum Gasteiger partial charge on any atom is -0.429 e. The number of amides is 3. The highest BCUT2D eigenvalue weighted by Gasteiger charge is 2.27. The third-order valence-electron chi connectivity index (χ3n) is 6.95. The summed E-state index contributed by atoms with van der Waals surface area (Å²) in [6.07, 6.45) is 8.34. The topological polar surface area (TPSA) is 86.8 Å². The van der Waals surface area contributed by atoms with Gasteiger partial charge >= 0.3 is 12.1 Å². The highest BCUT2D eigenvalue weighted by Crippen LogP contribution is 2.26. The molecule has 1 aromatic carbocycles. The van der Waals surface area contributed by atoms with Crippen LogP contribution in [0.5, 0.6) is 5.75 Å². The molecule has 3 amide bonds. The van der Waals surface area contributed by atoms with Crippen LogP contribution < -0.4 is 15.4 Å². The number of carbonyl (C=O) groups excluding carboxylic acids is 2. The number of aromatic nitrogens is 1. The number of ether oxygens (including phenoxy) is 1. The van der Waals surface area contributed by atoms with Gasteiger partial charge in [0.25, 0.3) is 5.91 Å². The summed E-state index contributed by atoms with van der Waals surface area (Å²) in [5, 5.41) is 5.52. The van der Waals surface area contributed by atoms with Crippen molar-refractivity contribution in [1.82, 2.24) is 20.1 Å². The van der Waals surface area contributed by atoms with Crippen molar-refractivity contribution < 1.29 is 23.1 Å². The van der Waals surface area contributed by atoms with Crippen molar-refractivity contribution in [3.63, 3.8) is 0 Å². The zero-order valence-corrected chi connectivity index (χ0v) is 24.0. The molecule has 0 atom stereocenters. The van der Waals surface area contributed by atoms with Crippen molar-refractivity contribution in [3.05, 3.63) is 96.3 Å². The van der Waals surface area contributed by atoms with Gasteiger partial charge < -0.3 is 25.2 Å². The van der Waals surface area contributed by atoms with Gasteiger partial charge in [-0.3, -0.25) is 9.78 Å². The van der Waals surface area contributed by atoms with Crippen LogP contribution in [0.25, 0.3) is 5.57 Å². The Balaban J connectivity index is 1.36. The van der Waals surface area contributed by atoms with Crippen LogP contribution >= 0.6 is 0 Å². The number of nitrogens with zero attached hydrogens (tertiary/aromatic N) is 3. The average molecular weight is 578 g/mol. The number of carbonyl (C=O) groups is 2. The van der Waals surface area contributed by atoms with Gasteiger partial charge in [0.05, 0.1) is 5.69 Å². The largest absolute Gasteiger partial charge is 0.429 e. The quantitative estimate of drug-likeness (QED) is 0.311. The molecule has 0 fully saturated rings. The molecule has 0 unspecified atom stereocenters. The number of halogens is 2. The average Bonchev–Trinajstić information content (AvgIpc) is 3.23. The Morgan fingerprint density at radius 1 is 1.12 bits per heavy atom. The zero-order chi connectivity index (χ0) is 30.1. The second kappa shape index (κ2) is 13.9. The van der Waals surface area contributed by atoms with Gasteiger partial charge in [0.1, 0.15) is 11.4 Å². The van der Waals surface area contributed by atoms with Crippen LogP contribution in [0, 0.1) is 6.92 Å². The van der Waals surface area contributed by atoms with Crippen LogP contribution in [0.1, 0.15) is 50.3 Å². The van der Waals surface area contributed by atoms with E-state index in [-0.39, 0.29) is 11.7 Å². The molecule has 1 aromatic heterocycles. The van der Waals surface area contributed by atoms with Gasteiger partial charge in [0.15, 0.2) is 0 Å². The maximum absolute atomic E-state index is 13.7. The van der Waals surface area contributed by atoms with Crippen LogP contribution in [0.2, 0.25) is 0 Å². The fraction of sp³-hybridized carbons (Fsp3) is 0.344. The van der Waals surface area contributed by atoms with Crippen LogP contribution in [0.15, 0.2) is 85.0 Å². The lowest BCUT2D eigenvalue weighted by molar-refractivity contribution is -0.131. The molecule has 0 spiro atoms. The number of allylic oxidation sites excluding steroid dienone is 1. The lowest BCUT2D eigenvalue weighted by atomic mass is 10.1. The van der Waals surface area contributed by atoms with Crippen molar-refractivity contribution in [2.45, 2.75) is 52.1 Å². The zero-order valence-electron chi connectivity index (χ0n) is 24.0. The summed E-state index contributed by atoms with van der Waals surface area (Å²) in [6, 6.07) is 9.18. The first-order valence-corrected chi connectivity index (χ1v) is 14.1. The van der Waals surface area contributed by atoms with E-state index in [9.17, 15) is 18.4 Å². The number of nitrogens with one attached hydrogen (secondary N) is 2. The highest BCUT2D eigenvalue weighted by atomic mass is 19.3. The molecule has 2 N–H and O–H groups in total. The third kappa shape index (κ3) is 8.28. The molecule has 0 bridgehead atoms. The van der Waals surface area contributed by atoms with Gasteiger partial charge in [-0.05, 0) is 73.7 Å². The summed E-state index contributed by atoms with van der Waals surface area (Å²) in [6.45, 7) is 9.00. The Morgan fingerprint density at radius 3 is 2.60 bits per heavy atom. The second-order valence-electron chi connectivity index (χ2n) is 10.2. The number of unbranched alkanes of at least 4 members (excludes halogenated alkanes) is 1. The summed E-state index contributed by atoms with van der Waals surface area (Å²) in [5.41, 5.74) is 4.86. The fourth-order valence-electron chi connectivity index (χ4n) is 4.67. The summed E-state index contributed by atoms with van der Waals surface area (Å²) in [5.74, 6) is -0.0836. The summed E-state index contributed by atoms with van der Waals surface area (Å²) < 4.78 is 31.2. The van der Waals surface area contributed by atoms with Gasteiger partial charge in [0.2, 0.25) is 0 Å².